The first-order valence-corrected chi connectivity index (χ1v) is 7.95. The highest BCUT2D eigenvalue weighted by Gasteiger charge is 2.16. The first-order chi connectivity index (χ1) is 10.8. The maximum absolute atomic E-state index is 11.4. The van der Waals surface area contributed by atoms with Crippen LogP contribution in [-0.4, -0.2) is 34.2 Å². The fourth-order valence-electron chi connectivity index (χ4n) is 2.27. The predicted molar refractivity (Wildman–Crippen MR) is 80.8 cm³/mol. The van der Waals surface area contributed by atoms with Crippen LogP contribution >= 0.6 is 11.8 Å². The third kappa shape index (κ3) is 3.48. The van der Waals surface area contributed by atoms with Crippen LogP contribution in [0.15, 0.2) is 40.9 Å². The van der Waals surface area contributed by atoms with Gasteiger partial charge in [-0.3, -0.25) is 0 Å². The van der Waals surface area contributed by atoms with Gasteiger partial charge in [0.15, 0.2) is 0 Å². The number of esters is 1. The van der Waals surface area contributed by atoms with E-state index in [0.717, 1.165) is 29.5 Å². The van der Waals surface area contributed by atoms with Gasteiger partial charge in [-0.25, -0.2) is 14.8 Å². The van der Waals surface area contributed by atoms with Crippen LogP contribution in [0.3, 0.4) is 0 Å². The van der Waals surface area contributed by atoms with Gasteiger partial charge in [0.25, 0.3) is 0 Å². The highest BCUT2D eigenvalue weighted by molar-refractivity contribution is 7.99. The lowest BCUT2D eigenvalue weighted by Gasteiger charge is -2.23. The second-order valence-corrected chi connectivity index (χ2v) is 6.00. The van der Waals surface area contributed by atoms with Crippen molar-refractivity contribution >= 4 is 17.7 Å². The van der Waals surface area contributed by atoms with Crippen LogP contribution in [0, 0.1) is 0 Å². The number of imidazole rings is 1. The minimum absolute atomic E-state index is 0.0882. The molecule has 116 valence electrons. The molecule has 1 aliphatic rings. The Labute approximate surface area is 132 Å². The summed E-state index contributed by atoms with van der Waals surface area (Å²) >= 11 is 1.45. The fraction of sp³-hybridized carbons (Fsp3) is 0.400. The first-order valence-electron chi connectivity index (χ1n) is 7.13. The van der Waals surface area contributed by atoms with Gasteiger partial charge in [-0.05, 0) is 43.2 Å². The van der Waals surface area contributed by atoms with Crippen molar-refractivity contribution in [3.05, 3.63) is 36.4 Å². The van der Waals surface area contributed by atoms with Gasteiger partial charge in [-0.2, -0.15) is 0 Å². The molecular weight excluding hydrogens is 302 g/mol. The maximum atomic E-state index is 11.4. The van der Waals surface area contributed by atoms with E-state index in [0.29, 0.717) is 5.56 Å². The predicted octanol–water partition coefficient (Wildman–Crippen LogP) is 2.92. The number of aromatic nitrogens is 3. The summed E-state index contributed by atoms with van der Waals surface area (Å²) in [5, 5.41) is 1.63. The molecule has 0 N–H and O–H groups in total. The lowest BCUT2D eigenvalue weighted by atomic mass is 10.2. The third-order valence-corrected chi connectivity index (χ3v) is 4.30. The Balaban J connectivity index is 1.65. The summed E-state index contributed by atoms with van der Waals surface area (Å²) in [5.41, 5.74) is 0.438. The van der Waals surface area contributed by atoms with Crippen molar-refractivity contribution in [1.82, 2.24) is 14.5 Å². The molecule has 3 rings (SSSR count). The Morgan fingerprint density at radius 1 is 1.36 bits per heavy atom. The van der Waals surface area contributed by atoms with Crippen LogP contribution in [0.2, 0.25) is 0 Å². The molecule has 2 aromatic rings. The van der Waals surface area contributed by atoms with E-state index in [9.17, 15) is 4.79 Å². The van der Waals surface area contributed by atoms with Gasteiger partial charge in [0.2, 0.25) is 0 Å². The molecule has 1 atom stereocenters. The zero-order valence-electron chi connectivity index (χ0n) is 12.3. The first kappa shape index (κ1) is 15.1. The molecule has 0 radical (unpaired) electrons. The van der Waals surface area contributed by atoms with E-state index in [2.05, 4.69) is 14.7 Å². The van der Waals surface area contributed by atoms with Gasteiger partial charge in [0.05, 0.1) is 19.0 Å². The number of carbonyl (C=O) groups excluding carboxylic acids is 1. The van der Waals surface area contributed by atoms with Crippen molar-refractivity contribution in [2.45, 2.75) is 35.5 Å². The molecule has 2 aromatic heterocycles. The SMILES string of the molecule is COC(=O)c1ccc(Sc2cn(C3CCCCO3)cn2)nc1. The van der Waals surface area contributed by atoms with Gasteiger partial charge in [0, 0.05) is 19.0 Å². The highest BCUT2D eigenvalue weighted by Crippen LogP contribution is 2.28. The smallest absolute Gasteiger partial charge is 0.339 e. The van der Waals surface area contributed by atoms with Crippen molar-refractivity contribution in [2.75, 3.05) is 13.7 Å². The Bertz CT molecular complexity index is 636. The minimum atomic E-state index is -0.386. The van der Waals surface area contributed by atoms with Gasteiger partial charge in [-0.1, -0.05) is 0 Å². The summed E-state index contributed by atoms with van der Waals surface area (Å²) in [7, 11) is 1.35. The molecule has 0 aliphatic carbocycles. The van der Waals surface area contributed by atoms with Crippen LogP contribution in [0.1, 0.15) is 35.8 Å². The van der Waals surface area contributed by atoms with Crippen molar-refractivity contribution < 1.29 is 14.3 Å². The quantitative estimate of drug-likeness (QED) is 0.807. The molecule has 3 heterocycles. The molecule has 6 nitrogen and oxygen atoms in total. The summed E-state index contributed by atoms with van der Waals surface area (Å²) < 4.78 is 12.4. The molecule has 1 aliphatic heterocycles. The van der Waals surface area contributed by atoms with Gasteiger partial charge in [-0.15, -0.1) is 0 Å². The van der Waals surface area contributed by atoms with Crippen molar-refractivity contribution in [2.24, 2.45) is 0 Å². The van der Waals surface area contributed by atoms with E-state index in [4.69, 9.17) is 4.74 Å². The average Bonchev–Trinajstić information content (AvgIpc) is 3.04. The molecule has 0 spiro atoms. The molecule has 0 amide bonds. The topological polar surface area (TPSA) is 66.2 Å². The van der Waals surface area contributed by atoms with Gasteiger partial charge in [0.1, 0.15) is 16.3 Å². The zero-order chi connectivity index (χ0) is 15.4. The van der Waals surface area contributed by atoms with Gasteiger partial charge >= 0.3 is 5.97 Å². The summed E-state index contributed by atoms with van der Waals surface area (Å²) in [6, 6.07) is 3.48. The van der Waals surface area contributed by atoms with Crippen LogP contribution in [0.25, 0.3) is 0 Å². The lowest BCUT2D eigenvalue weighted by Crippen LogP contribution is -2.16. The van der Waals surface area contributed by atoms with Crippen LogP contribution in [0.4, 0.5) is 0 Å². The van der Waals surface area contributed by atoms with E-state index in [1.807, 2.05) is 10.8 Å². The van der Waals surface area contributed by atoms with Gasteiger partial charge < -0.3 is 14.0 Å². The summed E-state index contributed by atoms with van der Waals surface area (Å²) in [4.78, 5) is 20.0. The molecule has 22 heavy (non-hydrogen) atoms. The van der Waals surface area contributed by atoms with Crippen LogP contribution in [-0.2, 0) is 9.47 Å². The molecule has 1 unspecified atom stereocenters. The van der Waals surface area contributed by atoms with Crippen molar-refractivity contribution in [3.63, 3.8) is 0 Å². The Morgan fingerprint density at radius 2 is 2.27 bits per heavy atom. The average molecular weight is 319 g/mol. The third-order valence-electron chi connectivity index (χ3n) is 3.43. The number of rotatable bonds is 4. The van der Waals surface area contributed by atoms with Crippen LogP contribution in [0.5, 0.6) is 0 Å². The number of ether oxygens (including phenoxy) is 2. The summed E-state index contributed by atoms with van der Waals surface area (Å²) in [6.07, 6.45) is 8.69. The summed E-state index contributed by atoms with van der Waals surface area (Å²) in [5.74, 6) is -0.386. The standard InChI is InChI=1S/C15H17N3O3S/c1-20-15(19)11-5-6-12(16-8-11)22-13-9-18(10-17-13)14-4-2-3-7-21-14/h5-6,8-10,14H,2-4,7H2,1H3. The Hall–Kier alpha value is -1.86. The Morgan fingerprint density at radius 3 is 2.95 bits per heavy atom. The molecule has 1 saturated heterocycles. The number of hydrogen-bond donors (Lipinski definition) is 0. The number of methoxy groups -OCH3 is 1. The summed E-state index contributed by atoms with van der Waals surface area (Å²) in [6.45, 7) is 0.807. The number of pyridine rings is 1. The fourth-order valence-corrected chi connectivity index (χ4v) is 3.00. The number of hydrogen-bond acceptors (Lipinski definition) is 6. The largest absolute Gasteiger partial charge is 0.465 e. The van der Waals surface area contributed by atoms with E-state index in [1.165, 1.54) is 31.5 Å². The Kier molecular flexibility index (Phi) is 4.74. The van der Waals surface area contributed by atoms with Crippen molar-refractivity contribution in [3.8, 4) is 0 Å². The van der Waals surface area contributed by atoms with E-state index < -0.39 is 0 Å². The molecule has 0 aromatic carbocycles. The maximum Gasteiger partial charge on any atom is 0.339 e. The number of nitrogens with zero attached hydrogens (tertiary/aromatic N) is 3. The zero-order valence-corrected chi connectivity index (χ0v) is 13.1. The van der Waals surface area contributed by atoms with E-state index in [1.54, 1.807) is 18.5 Å². The second kappa shape index (κ2) is 6.93. The van der Waals surface area contributed by atoms with Crippen LogP contribution < -0.4 is 0 Å². The lowest BCUT2D eigenvalue weighted by molar-refractivity contribution is -0.0321. The van der Waals surface area contributed by atoms with E-state index >= 15 is 0 Å². The van der Waals surface area contributed by atoms with Crippen molar-refractivity contribution in [1.29, 1.82) is 0 Å². The normalized spacial score (nSPS) is 18.1. The molecular formula is C15H17N3O3S. The number of carbonyl (C=O) groups is 1. The molecule has 1 fully saturated rings. The second-order valence-electron chi connectivity index (χ2n) is 4.96. The molecule has 0 bridgehead atoms. The highest BCUT2D eigenvalue weighted by atomic mass is 32.2. The van der Waals surface area contributed by atoms with E-state index in [-0.39, 0.29) is 12.2 Å². The minimum Gasteiger partial charge on any atom is -0.465 e. The monoisotopic (exact) mass is 319 g/mol. The molecule has 0 saturated carbocycles. The molecule has 7 heteroatoms.